The number of hydrogen-bond donors (Lipinski definition) is 2. The first kappa shape index (κ1) is 16.2. The Hall–Kier alpha value is -2.84. The Kier molecular flexibility index (Phi) is 5.06. The number of nitro benzene ring substituents is 1. The van der Waals surface area contributed by atoms with Gasteiger partial charge in [-0.1, -0.05) is 0 Å². The molecule has 0 saturated carbocycles. The summed E-state index contributed by atoms with van der Waals surface area (Å²) in [5, 5.41) is 21.9. The van der Waals surface area contributed by atoms with Gasteiger partial charge >= 0.3 is 5.97 Å². The second-order valence-electron chi connectivity index (χ2n) is 4.01. The lowest BCUT2D eigenvalue weighted by Crippen LogP contribution is -2.38. The number of methoxy groups -OCH3 is 2. The summed E-state index contributed by atoms with van der Waals surface area (Å²) in [4.78, 5) is 33.0. The molecular weight excluding hydrogens is 284 g/mol. The van der Waals surface area contributed by atoms with Crippen LogP contribution < -0.4 is 14.8 Å². The number of hydrogen-bond acceptors (Lipinski definition) is 6. The normalized spacial score (nSPS) is 11.4. The van der Waals surface area contributed by atoms with Crippen LogP contribution in [0.3, 0.4) is 0 Å². The van der Waals surface area contributed by atoms with Crippen molar-refractivity contribution in [1.29, 1.82) is 0 Å². The predicted molar refractivity (Wildman–Crippen MR) is 70.8 cm³/mol. The van der Waals surface area contributed by atoms with Gasteiger partial charge in [0.15, 0.2) is 11.5 Å². The average molecular weight is 298 g/mol. The molecule has 1 aromatic carbocycles. The summed E-state index contributed by atoms with van der Waals surface area (Å²) in [6, 6.07) is 0.977. The second-order valence-corrected chi connectivity index (χ2v) is 4.01. The molecule has 0 bridgehead atoms. The van der Waals surface area contributed by atoms with Crippen LogP contribution in [0.5, 0.6) is 11.5 Å². The minimum atomic E-state index is -1.26. The lowest BCUT2D eigenvalue weighted by atomic mass is 10.1. The fraction of sp³-hybridized carbons (Fsp3) is 0.333. The highest BCUT2D eigenvalue weighted by atomic mass is 16.6. The molecule has 0 saturated heterocycles. The predicted octanol–water partition coefficient (Wildman–Crippen LogP) is 0.815. The third-order valence-corrected chi connectivity index (χ3v) is 2.66. The average Bonchev–Trinajstić information content (AvgIpc) is 2.45. The first-order valence-corrected chi connectivity index (χ1v) is 5.75. The van der Waals surface area contributed by atoms with E-state index in [0.29, 0.717) is 0 Å². The highest BCUT2D eigenvalue weighted by Crippen LogP contribution is 2.34. The zero-order chi connectivity index (χ0) is 16.2. The second kappa shape index (κ2) is 6.55. The molecule has 21 heavy (non-hydrogen) atoms. The fourth-order valence-electron chi connectivity index (χ4n) is 1.54. The number of benzene rings is 1. The number of carboxylic acid groups (broad SMARTS) is 1. The number of ether oxygens (including phenoxy) is 2. The molecule has 1 unspecified atom stereocenters. The molecule has 1 rings (SSSR count). The Balaban J connectivity index is 3.29. The van der Waals surface area contributed by atoms with E-state index in [1.807, 2.05) is 0 Å². The summed E-state index contributed by atoms with van der Waals surface area (Å²) in [7, 11) is 2.61. The van der Waals surface area contributed by atoms with Gasteiger partial charge in [-0.15, -0.1) is 0 Å². The van der Waals surface area contributed by atoms with Crippen molar-refractivity contribution in [2.45, 2.75) is 13.0 Å². The molecule has 0 aromatic heterocycles. The molecule has 1 amide bonds. The van der Waals surface area contributed by atoms with E-state index in [0.717, 1.165) is 12.1 Å². The molecule has 0 heterocycles. The van der Waals surface area contributed by atoms with Crippen LogP contribution >= 0.6 is 0 Å². The number of carboxylic acids is 1. The van der Waals surface area contributed by atoms with Crippen LogP contribution in [-0.4, -0.2) is 42.2 Å². The maximum atomic E-state index is 12.0. The van der Waals surface area contributed by atoms with Crippen molar-refractivity contribution in [2.75, 3.05) is 14.2 Å². The minimum Gasteiger partial charge on any atom is -0.493 e. The van der Waals surface area contributed by atoms with Crippen LogP contribution in [0.15, 0.2) is 12.1 Å². The van der Waals surface area contributed by atoms with Gasteiger partial charge in [0.25, 0.3) is 11.6 Å². The number of aliphatic carboxylic acids is 1. The van der Waals surface area contributed by atoms with Crippen LogP contribution in [0.4, 0.5) is 5.69 Å². The summed E-state index contributed by atoms with van der Waals surface area (Å²) in [5.41, 5.74) is -0.825. The first-order valence-electron chi connectivity index (χ1n) is 5.75. The van der Waals surface area contributed by atoms with Gasteiger partial charge in [-0.25, -0.2) is 0 Å². The van der Waals surface area contributed by atoms with E-state index >= 15 is 0 Å². The molecule has 0 aliphatic carbocycles. The third kappa shape index (κ3) is 3.59. The number of nitrogens with one attached hydrogen (secondary N) is 1. The first-order chi connectivity index (χ1) is 9.81. The van der Waals surface area contributed by atoms with Crippen molar-refractivity contribution in [3.05, 3.63) is 27.8 Å². The van der Waals surface area contributed by atoms with Gasteiger partial charge in [0.1, 0.15) is 11.6 Å². The SMILES string of the molecule is COc1cc(C(=O)NC(C)C(=O)O)c([N+](=O)[O-])cc1OC. The Morgan fingerprint density at radius 3 is 2.24 bits per heavy atom. The molecule has 2 N–H and O–H groups in total. The summed E-state index contributed by atoms with van der Waals surface area (Å²) in [6.07, 6.45) is 0. The Morgan fingerprint density at radius 1 is 1.29 bits per heavy atom. The zero-order valence-corrected chi connectivity index (χ0v) is 11.6. The summed E-state index contributed by atoms with van der Waals surface area (Å²) < 4.78 is 9.90. The number of nitrogens with zero attached hydrogens (tertiary/aromatic N) is 1. The minimum absolute atomic E-state index is 0.0898. The number of rotatable bonds is 6. The topological polar surface area (TPSA) is 128 Å². The van der Waals surface area contributed by atoms with Crippen LogP contribution in [0.1, 0.15) is 17.3 Å². The summed E-state index contributed by atoms with van der Waals surface area (Å²) >= 11 is 0. The van der Waals surface area contributed by atoms with Gasteiger partial charge in [0, 0.05) is 6.07 Å². The van der Waals surface area contributed by atoms with E-state index in [-0.39, 0.29) is 17.1 Å². The van der Waals surface area contributed by atoms with Crippen molar-refractivity contribution >= 4 is 17.6 Å². The van der Waals surface area contributed by atoms with Gasteiger partial charge in [-0.3, -0.25) is 19.7 Å². The van der Waals surface area contributed by atoms with Crippen LogP contribution in [-0.2, 0) is 4.79 Å². The van der Waals surface area contributed by atoms with Crippen LogP contribution in [0.2, 0.25) is 0 Å². The zero-order valence-electron chi connectivity index (χ0n) is 11.6. The highest BCUT2D eigenvalue weighted by molar-refractivity contribution is 6.00. The molecule has 0 aliphatic heterocycles. The maximum absolute atomic E-state index is 12.0. The van der Waals surface area contributed by atoms with Crippen molar-refractivity contribution < 1.29 is 29.1 Å². The summed E-state index contributed by atoms with van der Waals surface area (Å²) in [6.45, 7) is 1.24. The number of carbonyl (C=O) groups excluding carboxylic acids is 1. The van der Waals surface area contributed by atoms with Gasteiger partial charge < -0.3 is 19.9 Å². The summed E-state index contributed by atoms with van der Waals surface area (Å²) in [5.74, 6) is -1.94. The molecular formula is C12H14N2O7. The number of amides is 1. The fourth-order valence-corrected chi connectivity index (χ4v) is 1.54. The molecule has 0 fully saturated rings. The van der Waals surface area contributed by atoms with Crippen molar-refractivity contribution in [3.8, 4) is 11.5 Å². The number of carbonyl (C=O) groups is 2. The lowest BCUT2D eigenvalue weighted by Gasteiger charge is -2.12. The van der Waals surface area contributed by atoms with E-state index in [2.05, 4.69) is 5.32 Å². The Labute approximate surface area is 119 Å². The van der Waals surface area contributed by atoms with E-state index in [9.17, 15) is 19.7 Å². The molecule has 0 aliphatic rings. The Morgan fingerprint density at radius 2 is 1.81 bits per heavy atom. The molecule has 114 valence electrons. The van der Waals surface area contributed by atoms with Gasteiger partial charge in [0.2, 0.25) is 0 Å². The van der Waals surface area contributed by atoms with Gasteiger partial charge in [-0.2, -0.15) is 0 Å². The molecule has 1 atom stereocenters. The third-order valence-electron chi connectivity index (χ3n) is 2.66. The molecule has 1 aromatic rings. The van der Waals surface area contributed by atoms with Crippen LogP contribution in [0.25, 0.3) is 0 Å². The Bertz CT molecular complexity index is 585. The molecule has 0 radical (unpaired) electrons. The molecule has 9 nitrogen and oxygen atoms in total. The van der Waals surface area contributed by atoms with Crippen molar-refractivity contribution in [1.82, 2.24) is 5.32 Å². The van der Waals surface area contributed by atoms with E-state index in [1.165, 1.54) is 21.1 Å². The molecule has 9 heteroatoms. The lowest BCUT2D eigenvalue weighted by molar-refractivity contribution is -0.385. The number of nitro groups is 1. The maximum Gasteiger partial charge on any atom is 0.325 e. The smallest absolute Gasteiger partial charge is 0.325 e. The van der Waals surface area contributed by atoms with Crippen LogP contribution in [0, 0.1) is 10.1 Å². The van der Waals surface area contributed by atoms with Crippen molar-refractivity contribution in [2.24, 2.45) is 0 Å². The highest BCUT2D eigenvalue weighted by Gasteiger charge is 2.26. The van der Waals surface area contributed by atoms with E-state index in [4.69, 9.17) is 14.6 Å². The van der Waals surface area contributed by atoms with Crippen molar-refractivity contribution in [3.63, 3.8) is 0 Å². The molecule has 0 spiro atoms. The van der Waals surface area contributed by atoms with Gasteiger partial charge in [-0.05, 0) is 6.92 Å². The standard InChI is InChI=1S/C12H14N2O7/c1-6(12(16)17)13-11(15)7-4-9(20-2)10(21-3)5-8(7)14(18)19/h4-6H,1-3H3,(H,13,15)(H,16,17). The van der Waals surface area contributed by atoms with Gasteiger partial charge in [0.05, 0.1) is 25.2 Å². The quantitative estimate of drug-likeness (QED) is 0.587. The van der Waals surface area contributed by atoms with E-state index < -0.39 is 28.5 Å². The monoisotopic (exact) mass is 298 g/mol. The van der Waals surface area contributed by atoms with E-state index in [1.54, 1.807) is 0 Å². The largest absolute Gasteiger partial charge is 0.493 e.